The Labute approximate surface area is 108 Å². The van der Waals surface area contributed by atoms with E-state index in [-0.39, 0.29) is 0 Å². The van der Waals surface area contributed by atoms with E-state index in [0.29, 0.717) is 0 Å². The minimum atomic E-state index is 0.775. The topological polar surface area (TPSA) is 15.3 Å². The first-order valence-corrected chi connectivity index (χ1v) is 7.75. The van der Waals surface area contributed by atoms with Crippen molar-refractivity contribution >= 4 is 0 Å². The van der Waals surface area contributed by atoms with Gasteiger partial charge < -0.3 is 10.2 Å². The summed E-state index contributed by atoms with van der Waals surface area (Å²) >= 11 is 0. The third kappa shape index (κ3) is 5.87. The van der Waals surface area contributed by atoms with Gasteiger partial charge in [0.2, 0.25) is 0 Å². The summed E-state index contributed by atoms with van der Waals surface area (Å²) in [7, 11) is 0. The van der Waals surface area contributed by atoms with E-state index in [4.69, 9.17) is 0 Å². The molecule has 0 amide bonds. The molecule has 2 nitrogen and oxygen atoms in total. The van der Waals surface area contributed by atoms with E-state index in [1.54, 1.807) is 0 Å². The molecule has 1 aliphatic rings. The van der Waals surface area contributed by atoms with Crippen molar-refractivity contribution in [3.8, 4) is 0 Å². The van der Waals surface area contributed by atoms with Crippen molar-refractivity contribution in [1.82, 2.24) is 10.2 Å². The van der Waals surface area contributed by atoms with E-state index in [0.717, 1.165) is 12.0 Å². The number of likely N-dealkylation sites (tertiary alicyclic amines) is 1. The Balaban J connectivity index is 2.21. The highest BCUT2D eigenvalue weighted by atomic mass is 15.1. The summed E-state index contributed by atoms with van der Waals surface area (Å²) in [6.07, 6.45) is 8.03. The van der Waals surface area contributed by atoms with Crippen LogP contribution >= 0.6 is 0 Å². The minimum absolute atomic E-state index is 0.775. The summed E-state index contributed by atoms with van der Waals surface area (Å²) in [6.45, 7) is 12.0. The first-order chi connectivity index (χ1) is 8.30. The van der Waals surface area contributed by atoms with Crippen molar-refractivity contribution in [2.45, 2.75) is 65.3 Å². The molecule has 1 atom stereocenters. The molecule has 2 heteroatoms. The van der Waals surface area contributed by atoms with Crippen LogP contribution in [0.4, 0.5) is 0 Å². The van der Waals surface area contributed by atoms with Crippen molar-refractivity contribution in [1.29, 1.82) is 0 Å². The fourth-order valence-electron chi connectivity index (χ4n) is 2.81. The summed E-state index contributed by atoms with van der Waals surface area (Å²) in [5.41, 5.74) is 0. The van der Waals surface area contributed by atoms with Crippen molar-refractivity contribution in [2.24, 2.45) is 5.92 Å². The molecule has 1 unspecified atom stereocenters. The van der Waals surface area contributed by atoms with Gasteiger partial charge in [-0.3, -0.25) is 0 Å². The minimum Gasteiger partial charge on any atom is -0.314 e. The predicted octanol–water partition coefficient (Wildman–Crippen LogP) is 3.28. The molecular formula is C15H32N2. The lowest BCUT2D eigenvalue weighted by molar-refractivity contribution is 0.281. The maximum absolute atomic E-state index is 3.80. The van der Waals surface area contributed by atoms with E-state index in [2.05, 4.69) is 31.0 Å². The zero-order chi connectivity index (χ0) is 12.5. The van der Waals surface area contributed by atoms with Gasteiger partial charge in [0, 0.05) is 6.04 Å². The molecule has 0 radical (unpaired) electrons. The number of hydrogen-bond acceptors (Lipinski definition) is 2. The van der Waals surface area contributed by atoms with Crippen molar-refractivity contribution in [3.63, 3.8) is 0 Å². The first kappa shape index (κ1) is 15.0. The molecule has 1 heterocycles. The number of nitrogens with zero attached hydrogens (tertiary/aromatic N) is 1. The SMILES string of the molecule is CCCN1CCCC(NCC(CC)CC)CC1. The summed E-state index contributed by atoms with van der Waals surface area (Å²) in [6, 6.07) is 0.775. The quantitative estimate of drug-likeness (QED) is 0.735. The van der Waals surface area contributed by atoms with Crippen molar-refractivity contribution in [3.05, 3.63) is 0 Å². The molecule has 0 aromatic carbocycles. The monoisotopic (exact) mass is 240 g/mol. The summed E-state index contributed by atoms with van der Waals surface area (Å²) in [5, 5.41) is 3.80. The highest BCUT2D eigenvalue weighted by molar-refractivity contribution is 4.75. The maximum atomic E-state index is 3.80. The van der Waals surface area contributed by atoms with Crippen LogP contribution < -0.4 is 5.32 Å². The summed E-state index contributed by atoms with van der Waals surface area (Å²) < 4.78 is 0. The molecule has 1 saturated heterocycles. The molecule has 0 saturated carbocycles. The highest BCUT2D eigenvalue weighted by Crippen LogP contribution is 2.13. The van der Waals surface area contributed by atoms with E-state index in [9.17, 15) is 0 Å². The van der Waals surface area contributed by atoms with E-state index < -0.39 is 0 Å². The van der Waals surface area contributed by atoms with Crippen LogP contribution in [-0.2, 0) is 0 Å². The molecule has 17 heavy (non-hydrogen) atoms. The van der Waals surface area contributed by atoms with E-state index in [1.165, 1.54) is 64.7 Å². The molecule has 1 N–H and O–H groups in total. The van der Waals surface area contributed by atoms with Crippen molar-refractivity contribution in [2.75, 3.05) is 26.2 Å². The van der Waals surface area contributed by atoms with Gasteiger partial charge in [0.05, 0.1) is 0 Å². The van der Waals surface area contributed by atoms with E-state index >= 15 is 0 Å². The Bertz CT molecular complexity index is 178. The molecular weight excluding hydrogens is 208 g/mol. The van der Waals surface area contributed by atoms with Crippen LogP contribution in [0.25, 0.3) is 0 Å². The Hall–Kier alpha value is -0.0800. The van der Waals surface area contributed by atoms with Crippen LogP contribution in [0.5, 0.6) is 0 Å². The van der Waals surface area contributed by atoms with Gasteiger partial charge in [-0.1, -0.05) is 33.6 Å². The molecule has 0 spiro atoms. The highest BCUT2D eigenvalue weighted by Gasteiger charge is 2.16. The lowest BCUT2D eigenvalue weighted by Gasteiger charge is -2.21. The summed E-state index contributed by atoms with van der Waals surface area (Å²) in [5.74, 6) is 0.880. The Kier molecular flexibility index (Phi) is 7.87. The first-order valence-electron chi connectivity index (χ1n) is 7.75. The number of rotatable bonds is 7. The lowest BCUT2D eigenvalue weighted by Crippen LogP contribution is -2.34. The average Bonchev–Trinajstić information content (AvgIpc) is 2.57. The number of nitrogens with one attached hydrogen (secondary N) is 1. The third-order valence-electron chi connectivity index (χ3n) is 4.21. The fourth-order valence-corrected chi connectivity index (χ4v) is 2.81. The molecule has 0 aliphatic carbocycles. The molecule has 0 bridgehead atoms. The lowest BCUT2D eigenvalue weighted by atomic mass is 10.0. The average molecular weight is 240 g/mol. The molecule has 1 rings (SSSR count). The molecule has 1 aliphatic heterocycles. The molecule has 0 aromatic heterocycles. The second-order valence-electron chi connectivity index (χ2n) is 5.56. The van der Waals surface area contributed by atoms with Crippen LogP contribution in [0.3, 0.4) is 0 Å². The standard InChI is InChI=1S/C15H32N2/c1-4-10-17-11-7-8-15(9-12-17)16-13-14(5-2)6-3/h14-16H,4-13H2,1-3H3. The van der Waals surface area contributed by atoms with Gasteiger partial charge in [0.25, 0.3) is 0 Å². The smallest absolute Gasteiger partial charge is 0.00798 e. The third-order valence-corrected chi connectivity index (χ3v) is 4.21. The normalized spacial score (nSPS) is 22.9. The molecule has 0 aromatic rings. The van der Waals surface area contributed by atoms with Crippen molar-refractivity contribution < 1.29 is 0 Å². The van der Waals surface area contributed by atoms with Gasteiger partial charge in [0.15, 0.2) is 0 Å². The van der Waals surface area contributed by atoms with Crippen LogP contribution in [0.15, 0.2) is 0 Å². The zero-order valence-electron chi connectivity index (χ0n) is 12.2. The second-order valence-corrected chi connectivity index (χ2v) is 5.56. The zero-order valence-corrected chi connectivity index (χ0v) is 12.2. The Morgan fingerprint density at radius 3 is 2.53 bits per heavy atom. The Morgan fingerprint density at radius 1 is 1.12 bits per heavy atom. The number of hydrogen-bond donors (Lipinski definition) is 1. The summed E-state index contributed by atoms with van der Waals surface area (Å²) in [4.78, 5) is 2.64. The van der Waals surface area contributed by atoms with Gasteiger partial charge in [-0.25, -0.2) is 0 Å². The molecule has 102 valence electrons. The van der Waals surface area contributed by atoms with Crippen LogP contribution in [0, 0.1) is 5.92 Å². The van der Waals surface area contributed by atoms with Gasteiger partial charge >= 0.3 is 0 Å². The predicted molar refractivity (Wildman–Crippen MR) is 76.4 cm³/mol. The largest absolute Gasteiger partial charge is 0.314 e. The second kappa shape index (κ2) is 8.93. The molecule has 1 fully saturated rings. The van der Waals surface area contributed by atoms with Gasteiger partial charge in [-0.05, 0) is 57.8 Å². The maximum Gasteiger partial charge on any atom is 0.00798 e. The Morgan fingerprint density at radius 2 is 1.88 bits per heavy atom. The van der Waals surface area contributed by atoms with Gasteiger partial charge in [-0.15, -0.1) is 0 Å². The van der Waals surface area contributed by atoms with E-state index in [1.807, 2.05) is 0 Å². The van der Waals surface area contributed by atoms with Crippen LogP contribution in [0.2, 0.25) is 0 Å². The fraction of sp³-hybridized carbons (Fsp3) is 1.00. The van der Waals surface area contributed by atoms with Crippen LogP contribution in [-0.4, -0.2) is 37.1 Å². The van der Waals surface area contributed by atoms with Crippen LogP contribution in [0.1, 0.15) is 59.3 Å². The van der Waals surface area contributed by atoms with Gasteiger partial charge in [0.1, 0.15) is 0 Å². The van der Waals surface area contributed by atoms with Gasteiger partial charge in [-0.2, -0.15) is 0 Å².